The largest absolute Gasteiger partial charge is 0.346 e. The Morgan fingerprint density at radius 3 is 2.47 bits per heavy atom. The third-order valence-electron chi connectivity index (χ3n) is 4.02. The molecule has 2 fully saturated rings. The summed E-state index contributed by atoms with van der Waals surface area (Å²) in [5, 5.41) is 2.28. The molecule has 1 amide bonds. The van der Waals surface area contributed by atoms with Gasteiger partial charge in [0, 0.05) is 0 Å². The van der Waals surface area contributed by atoms with E-state index < -0.39 is 21.3 Å². The van der Waals surface area contributed by atoms with Gasteiger partial charge in [-0.1, -0.05) is 6.92 Å². The molecule has 0 spiro atoms. The molecule has 2 saturated heterocycles. The first kappa shape index (κ1) is 15.1. The fourth-order valence-corrected chi connectivity index (χ4v) is 5.32. The van der Waals surface area contributed by atoms with E-state index in [0.29, 0.717) is 6.54 Å². The van der Waals surface area contributed by atoms with E-state index >= 15 is 0 Å². The molecule has 0 aromatic rings. The maximum Gasteiger partial charge on any atom is 0.275 e. The zero-order valence-corrected chi connectivity index (χ0v) is 12.8. The summed E-state index contributed by atoms with van der Waals surface area (Å²) in [6, 6.07) is -0.428. The summed E-state index contributed by atoms with van der Waals surface area (Å²) in [4.78, 5) is 13.2. The summed E-state index contributed by atoms with van der Waals surface area (Å²) in [6.07, 6.45) is 2.30. The molecule has 2 aliphatic heterocycles. The summed E-state index contributed by atoms with van der Waals surface area (Å²) in [5.74, 6) is 0.601. The average molecular weight is 310 g/mol. The molecule has 0 saturated carbocycles. The number of nitrogens with one attached hydrogen (secondary N) is 2. The van der Waals surface area contributed by atoms with E-state index in [4.69, 9.17) is 11.6 Å². The second kappa shape index (κ2) is 5.97. The van der Waals surface area contributed by atoms with Crippen molar-refractivity contribution in [3.05, 3.63) is 0 Å². The van der Waals surface area contributed by atoms with E-state index in [-0.39, 0.29) is 17.4 Å². The van der Waals surface area contributed by atoms with Crippen LogP contribution < -0.4 is 10.2 Å². The Kier molecular flexibility index (Phi) is 4.74. The molecule has 7 heteroatoms. The minimum absolute atomic E-state index is 0.0285. The van der Waals surface area contributed by atoms with Crippen LogP contribution >= 0.6 is 11.6 Å². The molecule has 2 N–H and O–H groups in total. The minimum Gasteiger partial charge on any atom is -0.346 e. The molecule has 0 aromatic heterocycles. The Morgan fingerprint density at radius 1 is 1.32 bits per heavy atom. The van der Waals surface area contributed by atoms with Crippen LogP contribution in [-0.4, -0.2) is 56.9 Å². The van der Waals surface area contributed by atoms with Crippen molar-refractivity contribution in [3.8, 4) is 0 Å². The molecule has 2 atom stereocenters. The number of carbonyl (C=O) groups excluding carboxylic acids is 1. The number of piperidine rings is 1. The van der Waals surface area contributed by atoms with Gasteiger partial charge in [0.05, 0.1) is 36.0 Å². The van der Waals surface area contributed by atoms with Crippen LogP contribution in [0, 0.1) is 5.92 Å². The van der Waals surface area contributed by atoms with Crippen LogP contribution in [0.2, 0.25) is 0 Å². The Labute approximate surface area is 119 Å². The molecule has 0 bridgehead atoms. The van der Waals surface area contributed by atoms with Crippen LogP contribution in [0.3, 0.4) is 0 Å². The van der Waals surface area contributed by atoms with E-state index in [1.54, 1.807) is 0 Å². The molecule has 0 radical (unpaired) electrons. The van der Waals surface area contributed by atoms with Crippen LogP contribution in [0.15, 0.2) is 0 Å². The van der Waals surface area contributed by atoms with Crippen molar-refractivity contribution >= 4 is 27.3 Å². The molecular weight excluding hydrogens is 288 g/mol. The highest BCUT2D eigenvalue weighted by Crippen LogP contribution is 2.17. The summed E-state index contributed by atoms with van der Waals surface area (Å²) >= 11 is 5.97. The van der Waals surface area contributed by atoms with Crippen LogP contribution in [0.1, 0.15) is 19.8 Å². The van der Waals surface area contributed by atoms with Gasteiger partial charge in [-0.2, -0.15) is 0 Å². The SMILES string of the molecule is CC1CC[NH+](CC(=O)N[C@@H]2CS(=O)(=O)C[C@H]2Cl)CC1. The van der Waals surface area contributed by atoms with Gasteiger partial charge >= 0.3 is 0 Å². The first-order chi connectivity index (χ1) is 8.85. The molecule has 0 aromatic carbocycles. The van der Waals surface area contributed by atoms with Crippen LogP contribution in [0.4, 0.5) is 0 Å². The monoisotopic (exact) mass is 309 g/mol. The number of amides is 1. The molecule has 2 heterocycles. The second-order valence-electron chi connectivity index (χ2n) is 5.88. The van der Waals surface area contributed by atoms with Crippen molar-refractivity contribution in [2.45, 2.75) is 31.2 Å². The highest BCUT2D eigenvalue weighted by molar-refractivity contribution is 7.91. The smallest absolute Gasteiger partial charge is 0.275 e. The van der Waals surface area contributed by atoms with Crippen LogP contribution in [0.25, 0.3) is 0 Å². The van der Waals surface area contributed by atoms with Crippen molar-refractivity contribution in [2.75, 3.05) is 31.1 Å². The third kappa shape index (κ3) is 4.33. The maximum absolute atomic E-state index is 11.9. The van der Waals surface area contributed by atoms with E-state index in [9.17, 15) is 13.2 Å². The number of carbonyl (C=O) groups is 1. The van der Waals surface area contributed by atoms with Gasteiger partial charge in [-0.05, 0) is 18.8 Å². The van der Waals surface area contributed by atoms with Gasteiger partial charge in [0.2, 0.25) is 0 Å². The van der Waals surface area contributed by atoms with E-state index in [1.165, 1.54) is 4.90 Å². The fraction of sp³-hybridized carbons (Fsp3) is 0.917. The number of alkyl halides is 1. The van der Waals surface area contributed by atoms with Crippen molar-refractivity contribution in [2.24, 2.45) is 5.92 Å². The number of hydrogen-bond acceptors (Lipinski definition) is 3. The van der Waals surface area contributed by atoms with E-state index in [0.717, 1.165) is 31.8 Å². The van der Waals surface area contributed by atoms with Gasteiger partial charge in [0.25, 0.3) is 5.91 Å². The first-order valence-electron chi connectivity index (χ1n) is 6.83. The van der Waals surface area contributed by atoms with Crippen molar-refractivity contribution in [3.63, 3.8) is 0 Å². The summed E-state index contributed by atoms with van der Waals surface area (Å²) in [5.41, 5.74) is 0. The highest BCUT2D eigenvalue weighted by Gasteiger charge is 2.37. The molecule has 2 aliphatic rings. The lowest BCUT2D eigenvalue weighted by atomic mass is 9.99. The Morgan fingerprint density at radius 2 is 1.95 bits per heavy atom. The molecule has 5 nitrogen and oxygen atoms in total. The summed E-state index contributed by atoms with van der Waals surface area (Å²) in [7, 11) is -3.08. The van der Waals surface area contributed by atoms with Crippen LogP contribution in [0.5, 0.6) is 0 Å². The van der Waals surface area contributed by atoms with Crippen molar-refractivity contribution < 1.29 is 18.1 Å². The standard InChI is InChI=1S/C12H21ClN2O3S/c1-9-2-4-15(5-3-9)6-12(16)14-11-8-19(17,18)7-10(11)13/h9-11H,2-8H2,1H3,(H,14,16)/p+1/t10-,11-/m1/s1. The number of halogens is 1. The Bertz CT molecular complexity index is 432. The fourth-order valence-electron chi connectivity index (χ4n) is 2.77. The Balaban J connectivity index is 1.79. The number of likely N-dealkylation sites (tertiary alicyclic amines) is 1. The number of rotatable bonds is 3. The molecule has 110 valence electrons. The zero-order valence-electron chi connectivity index (χ0n) is 11.2. The third-order valence-corrected chi connectivity index (χ3v) is 6.40. The van der Waals surface area contributed by atoms with Gasteiger partial charge in [0.1, 0.15) is 0 Å². The lowest BCUT2D eigenvalue weighted by molar-refractivity contribution is -0.898. The first-order valence-corrected chi connectivity index (χ1v) is 9.09. The predicted octanol–water partition coefficient (Wildman–Crippen LogP) is -1.18. The van der Waals surface area contributed by atoms with Crippen LogP contribution in [-0.2, 0) is 14.6 Å². The topological polar surface area (TPSA) is 67.7 Å². The van der Waals surface area contributed by atoms with E-state index in [2.05, 4.69) is 12.2 Å². The van der Waals surface area contributed by atoms with Gasteiger partial charge in [-0.15, -0.1) is 11.6 Å². The molecule has 2 rings (SSSR count). The average Bonchev–Trinajstić information content (AvgIpc) is 2.55. The number of quaternary nitrogens is 1. The van der Waals surface area contributed by atoms with Gasteiger partial charge in [-0.3, -0.25) is 4.79 Å². The second-order valence-corrected chi connectivity index (χ2v) is 8.59. The normalized spacial score (nSPS) is 38.0. The molecule has 19 heavy (non-hydrogen) atoms. The number of hydrogen-bond donors (Lipinski definition) is 2. The van der Waals surface area contributed by atoms with Gasteiger partial charge in [0.15, 0.2) is 16.4 Å². The lowest BCUT2D eigenvalue weighted by Gasteiger charge is -2.27. The summed E-state index contributed by atoms with van der Waals surface area (Å²) < 4.78 is 22.8. The quantitative estimate of drug-likeness (QED) is 0.645. The molecule has 0 aliphatic carbocycles. The van der Waals surface area contributed by atoms with Gasteiger partial charge in [-0.25, -0.2) is 8.42 Å². The van der Waals surface area contributed by atoms with Gasteiger partial charge < -0.3 is 10.2 Å². The maximum atomic E-state index is 11.9. The highest BCUT2D eigenvalue weighted by atomic mass is 35.5. The number of sulfone groups is 1. The Hall–Kier alpha value is -0.330. The van der Waals surface area contributed by atoms with E-state index in [1.807, 2.05) is 0 Å². The van der Waals surface area contributed by atoms with Crippen molar-refractivity contribution in [1.82, 2.24) is 5.32 Å². The lowest BCUT2D eigenvalue weighted by Crippen LogP contribution is -3.14. The molecule has 0 unspecified atom stereocenters. The molecular formula is C12H22ClN2O3S+. The summed E-state index contributed by atoms with van der Waals surface area (Å²) in [6.45, 7) is 4.69. The predicted molar refractivity (Wildman–Crippen MR) is 74.2 cm³/mol. The minimum atomic E-state index is -3.08. The van der Waals surface area contributed by atoms with Crippen molar-refractivity contribution in [1.29, 1.82) is 0 Å². The zero-order chi connectivity index (χ0) is 14.0.